The number of benzene rings is 1. The smallest absolute Gasteiger partial charge is 0.339 e. The number of ketones is 1. The van der Waals surface area contributed by atoms with E-state index in [0.717, 1.165) is 16.2 Å². The number of esters is 1. The molecule has 0 bridgehead atoms. The predicted molar refractivity (Wildman–Crippen MR) is 104 cm³/mol. The second-order valence-corrected chi connectivity index (χ2v) is 6.80. The molecule has 2 N–H and O–H groups in total. The van der Waals surface area contributed by atoms with Crippen molar-refractivity contribution in [1.82, 2.24) is 4.98 Å². The van der Waals surface area contributed by atoms with Gasteiger partial charge >= 0.3 is 5.97 Å². The molecule has 0 aliphatic heterocycles. The van der Waals surface area contributed by atoms with Gasteiger partial charge in [0.1, 0.15) is 12.3 Å². The summed E-state index contributed by atoms with van der Waals surface area (Å²) in [6.07, 6.45) is 0. The van der Waals surface area contributed by atoms with Crippen LogP contribution in [0.4, 0.5) is 0 Å². The number of H-pyrrole nitrogens is 1. The number of methoxy groups -OCH3 is 1. The van der Waals surface area contributed by atoms with Gasteiger partial charge in [0.15, 0.2) is 6.04 Å². The molecule has 0 spiro atoms. The van der Waals surface area contributed by atoms with E-state index in [9.17, 15) is 9.59 Å². The second kappa shape index (κ2) is 8.86. The van der Waals surface area contributed by atoms with Gasteiger partial charge in [0.2, 0.25) is 5.78 Å². The van der Waals surface area contributed by atoms with E-state index in [1.807, 2.05) is 45.2 Å². The van der Waals surface area contributed by atoms with Crippen molar-refractivity contribution < 1.29 is 24.0 Å². The molecule has 0 amide bonds. The number of ether oxygens (including phenoxy) is 2. The molecule has 1 aromatic carbocycles. The molecule has 2 atom stereocenters. The third-order valence-corrected chi connectivity index (χ3v) is 4.92. The maximum Gasteiger partial charge on any atom is 0.339 e. The summed E-state index contributed by atoms with van der Waals surface area (Å²) in [4.78, 5) is 29.1. The Balaban J connectivity index is 2.13. The largest absolute Gasteiger partial charge is 0.494 e. The van der Waals surface area contributed by atoms with Gasteiger partial charge in [0.25, 0.3) is 0 Å². The van der Waals surface area contributed by atoms with E-state index in [-0.39, 0.29) is 11.8 Å². The minimum absolute atomic E-state index is 0.0193. The average molecular weight is 373 g/mol. The molecule has 0 saturated carbocycles. The van der Waals surface area contributed by atoms with Crippen molar-refractivity contribution in [1.29, 1.82) is 0 Å². The molecule has 0 aliphatic carbocycles. The number of carbonyl (C=O) groups excluding carboxylic acids is 2. The van der Waals surface area contributed by atoms with Crippen LogP contribution in [-0.4, -0.2) is 43.5 Å². The van der Waals surface area contributed by atoms with Crippen LogP contribution in [0, 0.1) is 13.8 Å². The number of likely N-dealkylation sites (N-methyl/N-ethyl adjacent to an activating group) is 1. The minimum atomic E-state index is -0.428. The molecule has 0 saturated heterocycles. The minimum Gasteiger partial charge on any atom is -0.494 e. The molecule has 0 radical (unpaired) electrons. The number of hydrogen-bond donors (Lipinski definition) is 2. The number of hydrogen-bond acceptors (Lipinski definition) is 4. The molecule has 2 rings (SSSR count). The fourth-order valence-electron chi connectivity index (χ4n) is 3.19. The first-order chi connectivity index (χ1) is 12.8. The van der Waals surface area contributed by atoms with Crippen LogP contribution < -0.4 is 9.64 Å². The van der Waals surface area contributed by atoms with Crippen molar-refractivity contribution in [3.05, 3.63) is 52.3 Å². The normalized spacial score (nSPS) is 13.1. The molecule has 1 heterocycles. The summed E-state index contributed by atoms with van der Waals surface area (Å²) >= 11 is 0. The van der Waals surface area contributed by atoms with Crippen LogP contribution in [0.25, 0.3) is 0 Å². The summed E-state index contributed by atoms with van der Waals surface area (Å²) in [5.41, 5.74) is 3.35. The summed E-state index contributed by atoms with van der Waals surface area (Å²) in [5, 5.41) is 0. The van der Waals surface area contributed by atoms with Gasteiger partial charge in [-0.15, -0.1) is 0 Å². The van der Waals surface area contributed by atoms with Gasteiger partial charge in [-0.1, -0.05) is 0 Å². The van der Waals surface area contributed by atoms with Crippen molar-refractivity contribution in [3.63, 3.8) is 0 Å². The molecule has 0 aliphatic rings. The Hall–Kier alpha value is -2.60. The average Bonchev–Trinajstić information content (AvgIpc) is 2.96. The summed E-state index contributed by atoms with van der Waals surface area (Å²) in [5.74, 6) is 0.396. The van der Waals surface area contributed by atoms with Gasteiger partial charge in [-0.2, -0.15) is 0 Å². The van der Waals surface area contributed by atoms with Gasteiger partial charge in [-0.05, 0) is 57.5 Å². The number of aromatic nitrogens is 1. The van der Waals surface area contributed by atoms with Crippen molar-refractivity contribution in [3.8, 4) is 5.75 Å². The fourth-order valence-corrected chi connectivity index (χ4v) is 3.19. The lowest BCUT2D eigenvalue weighted by Crippen LogP contribution is -3.12. The molecule has 6 heteroatoms. The zero-order valence-electron chi connectivity index (χ0n) is 16.9. The van der Waals surface area contributed by atoms with E-state index in [1.54, 1.807) is 13.8 Å². The van der Waals surface area contributed by atoms with Crippen LogP contribution >= 0.6 is 0 Å². The van der Waals surface area contributed by atoms with Crippen LogP contribution in [-0.2, 0) is 11.3 Å². The monoisotopic (exact) mass is 373 g/mol. The van der Waals surface area contributed by atoms with E-state index < -0.39 is 5.97 Å². The predicted octanol–water partition coefficient (Wildman–Crippen LogP) is 2.10. The first-order valence-electron chi connectivity index (χ1n) is 9.15. The zero-order chi connectivity index (χ0) is 20.1. The molecule has 1 aromatic heterocycles. The van der Waals surface area contributed by atoms with Gasteiger partial charge in [0.05, 0.1) is 32.0 Å². The lowest BCUT2D eigenvalue weighted by molar-refractivity contribution is -0.907. The van der Waals surface area contributed by atoms with Crippen LogP contribution in [0.2, 0.25) is 0 Å². The van der Waals surface area contributed by atoms with Gasteiger partial charge in [-0.25, -0.2) is 4.79 Å². The molecular formula is C21H29N2O4+. The number of nitrogens with one attached hydrogen (secondary N) is 2. The lowest BCUT2D eigenvalue weighted by atomic mass is 10.0. The van der Waals surface area contributed by atoms with E-state index in [0.29, 0.717) is 35.7 Å². The SMILES string of the molecule is CCOc1ccc(C[NH+](C)[C@@H](C)C(=O)c2[nH]c(C)c(C(=O)OC)c2C)cc1. The van der Waals surface area contributed by atoms with Gasteiger partial charge in [0, 0.05) is 11.3 Å². The number of quaternary nitrogens is 1. The number of Topliss-reactive ketones (excluding diaryl/α,β-unsaturated/α-hetero) is 1. The van der Waals surface area contributed by atoms with Crippen molar-refractivity contribution >= 4 is 11.8 Å². The third-order valence-electron chi connectivity index (χ3n) is 4.92. The first kappa shape index (κ1) is 20.7. The highest BCUT2D eigenvalue weighted by Gasteiger charge is 2.29. The van der Waals surface area contributed by atoms with E-state index in [4.69, 9.17) is 9.47 Å². The summed E-state index contributed by atoms with van der Waals surface area (Å²) in [6, 6.07) is 7.66. The van der Waals surface area contributed by atoms with Crippen LogP contribution in [0.3, 0.4) is 0 Å². The number of rotatable bonds is 8. The third kappa shape index (κ3) is 4.57. The first-order valence-corrected chi connectivity index (χ1v) is 9.15. The van der Waals surface area contributed by atoms with Crippen LogP contribution in [0.5, 0.6) is 5.75 Å². The van der Waals surface area contributed by atoms with Crippen LogP contribution in [0.1, 0.15) is 51.5 Å². The van der Waals surface area contributed by atoms with Crippen LogP contribution in [0.15, 0.2) is 24.3 Å². The fraction of sp³-hybridized carbons (Fsp3) is 0.429. The Kier molecular flexibility index (Phi) is 6.80. The highest BCUT2D eigenvalue weighted by Crippen LogP contribution is 2.20. The Bertz CT molecular complexity index is 808. The number of aromatic amines is 1. The van der Waals surface area contributed by atoms with Gasteiger partial charge < -0.3 is 19.4 Å². The van der Waals surface area contributed by atoms with Crippen molar-refractivity contribution in [2.45, 2.75) is 40.3 Å². The highest BCUT2D eigenvalue weighted by molar-refractivity contribution is 6.03. The molecule has 6 nitrogen and oxygen atoms in total. The Labute approximate surface area is 160 Å². The Morgan fingerprint density at radius 3 is 2.37 bits per heavy atom. The van der Waals surface area contributed by atoms with Crippen molar-refractivity contribution in [2.75, 3.05) is 20.8 Å². The van der Waals surface area contributed by atoms with E-state index in [2.05, 4.69) is 4.98 Å². The molecular weight excluding hydrogens is 344 g/mol. The second-order valence-electron chi connectivity index (χ2n) is 6.80. The molecule has 146 valence electrons. The maximum absolute atomic E-state index is 13.0. The summed E-state index contributed by atoms with van der Waals surface area (Å²) < 4.78 is 10.3. The Morgan fingerprint density at radius 1 is 1.19 bits per heavy atom. The summed E-state index contributed by atoms with van der Waals surface area (Å²) in [6.45, 7) is 8.75. The number of carbonyl (C=O) groups is 2. The maximum atomic E-state index is 13.0. The zero-order valence-corrected chi connectivity index (χ0v) is 16.9. The molecule has 1 unspecified atom stereocenters. The van der Waals surface area contributed by atoms with E-state index >= 15 is 0 Å². The molecule has 2 aromatic rings. The highest BCUT2D eigenvalue weighted by atomic mass is 16.5. The molecule has 27 heavy (non-hydrogen) atoms. The van der Waals surface area contributed by atoms with Crippen molar-refractivity contribution in [2.24, 2.45) is 0 Å². The molecule has 0 fully saturated rings. The standard InChI is InChI=1S/C21H28N2O4/c1-7-27-17-10-8-16(9-11-17)12-23(5)15(4)20(24)19-13(2)18(14(3)22-19)21(25)26-6/h8-11,15,22H,7,12H2,1-6H3/p+1/t15-/m0/s1. The number of aryl methyl sites for hydroxylation is 1. The quantitative estimate of drug-likeness (QED) is 0.549. The Morgan fingerprint density at radius 2 is 1.81 bits per heavy atom. The van der Waals surface area contributed by atoms with E-state index in [1.165, 1.54) is 7.11 Å². The van der Waals surface area contributed by atoms with Gasteiger partial charge in [-0.3, -0.25) is 4.79 Å². The summed E-state index contributed by atoms with van der Waals surface area (Å²) in [7, 11) is 3.33. The lowest BCUT2D eigenvalue weighted by Gasteiger charge is -2.21. The topological polar surface area (TPSA) is 72.8 Å².